The molecule has 0 fully saturated rings. The van der Waals surface area contributed by atoms with Crippen molar-refractivity contribution >= 4 is 0 Å². The lowest BCUT2D eigenvalue weighted by atomic mass is 9.86. The number of hydrogen-bond donors (Lipinski definition) is 1. The largest absolute Gasteiger partial charge is 0.310 e. The van der Waals surface area contributed by atoms with E-state index in [0.29, 0.717) is 6.04 Å². The highest BCUT2D eigenvalue weighted by Crippen LogP contribution is 2.23. The summed E-state index contributed by atoms with van der Waals surface area (Å²) in [5, 5.41) is 3.49. The Morgan fingerprint density at radius 3 is 2.29 bits per heavy atom. The summed E-state index contributed by atoms with van der Waals surface area (Å²) in [5.41, 5.74) is 2.97. The molecule has 1 aromatic carbocycles. The van der Waals surface area contributed by atoms with Gasteiger partial charge in [-0.25, -0.2) is 0 Å². The maximum absolute atomic E-state index is 3.73. The molecule has 0 amide bonds. The monoisotopic (exact) mass is 231 g/mol. The van der Waals surface area contributed by atoms with Crippen LogP contribution in [0.3, 0.4) is 0 Å². The van der Waals surface area contributed by atoms with Gasteiger partial charge in [0.15, 0.2) is 0 Å². The van der Waals surface area contributed by atoms with Gasteiger partial charge in [-0.15, -0.1) is 6.58 Å². The van der Waals surface area contributed by atoms with Gasteiger partial charge in [0.25, 0.3) is 0 Å². The molecule has 1 unspecified atom stereocenters. The molecule has 0 saturated heterocycles. The van der Waals surface area contributed by atoms with Crippen molar-refractivity contribution in [3.05, 3.63) is 48.0 Å². The van der Waals surface area contributed by atoms with Crippen molar-refractivity contribution in [3.63, 3.8) is 0 Å². The number of hydrogen-bond acceptors (Lipinski definition) is 1. The van der Waals surface area contributed by atoms with Crippen LogP contribution in [0.4, 0.5) is 0 Å². The molecule has 0 aliphatic rings. The standard InChI is InChI=1S/C16H25N/c1-6-7-12-17-13(2)14-8-10-15(11-9-14)16(3,4)5/h6,8-11,13,17H,1,7,12H2,2-5H3. The van der Waals surface area contributed by atoms with Crippen molar-refractivity contribution in [2.24, 2.45) is 0 Å². The summed E-state index contributed by atoms with van der Waals surface area (Å²) in [5.74, 6) is 0. The molecule has 0 aliphatic heterocycles. The Morgan fingerprint density at radius 1 is 1.24 bits per heavy atom. The molecule has 0 saturated carbocycles. The Bertz CT molecular complexity index is 343. The van der Waals surface area contributed by atoms with Gasteiger partial charge in [0, 0.05) is 6.04 Å². The molecule has 1 N–H and O–H groups in total. The lowest BCUT2D eigenvalue weighted by Crippen LogP contribution is -2.19. The fourth-order valence-electron chi connectivity index (χ4n) is 1.79. The zero-order valence-corrected chi connectivity index (χ0v) is 11.6. The first-order chi connectivity index (χ1) is 7.95. The third-order valence-electron chi connectivity index (χ3n) is 3.08. The van der Waals surface area contributed by atoms with E-state index in [-0.39, 0.29) is 5.41 Å². The molecule has 0 aromatic heterocycles. The van der Waals surface area contributed by atoms with Crippen molar-refractivity contribution < 1.29 is 0 Å². The SMILES string of the molecule is C=CCCNC(C)c1ccc(C(C)(C)C)cc1. The van der Waals surface area contributed by atoms with E-state index in [1.54, 1.807) is 0 Å². The highest BCUT2D eigenvalue weighted by atomic mass is 14.9. The fraction of sp³-hybridized carbons (Fsp3) is 0.500. The Morgan fingerprint density at radius 2 is 1.82 bits per heavy atom. The smallest absolute Gasteiger partial charge is 0.0291 e. The van der Waals surface area contributed by atoms with Gasteiger partial charge in [0.05, 0.1) is 0 Å². The third kappa shape index (κ3) is 4.35. The third-order valence-corrected chi connectivity index (χ3v) is 3.08. The van der Waals surface area contributed by atoms with E-state index in [9.17, 15) is 0 Å². The minimum absolute atomic E-state index is 0.234. The van der Waals surface area contributed by atoms with Crippen molar-refractivity contribution in [2.45, 2.75) is 45.6 Å². The quantitative estimate of drug-likeness (QED) is 0.591. The number of benzene rings is 1. The first-order valence-electron chi connectivity index (χ1n) is 6.40. The molecule has 17 heavy (non-hydrogen) atoms. The zero-order valence-electron chi connectivity index (χ0n) is 11.6. The van der Waals surface area contributed by atoms with E-state index in [0.717, 1.165) is 13.0 Å². The predicted molar refractivity (Wildman–Crippen MR) is 76.4 cm³/mol. The normalized spacial score (nSPS) is 13.4. The van der Waals surface area contributed by atoms with E-state index < -0.39 is 0 Å². The summed E-state index contributed by atoms with van der Waals surface area (Å²) in [7, 11) is 0. The van der Waals surface area contributed by atoms with Crippen LogP contribution in [0.5, 0.6) is 0 Å². The van der Waals surface area contributed by atoms with E-state index >= 15 is 0 Å². The molecule has 1 heteroatoms. The van der Waals surface area contributed by atoms with Crippen molar-refractivity contribution in [3.8, 4) is 0 Å². The predicted octanol–water partition coefficient (Wildman–Crippen LogP) is 4.21. The molecule has 1 aromatic rings. The average molecular weight is 231 g/mol. The molecule has 94 valence electrons. The van der Waals surface area contributed by atoms with Crippen molar-refractivity contribution in [1.29, 1.82) is 0 Å². The van der Waals surface area contributed by atoms with E-state index in [2.05, 4.69) is 63.9 Å². The topological polar surface area (TPSA) is 12.0 Å². The molecule has 1 rings (SSSR count). The summed E-state index contributed by atoms with van der Waals surface area (Å²) in [6.45, 7) is 13.7. The summed E-state index contributed by atoms with van der Waals surface area (Å²) in [6.07, 6.45) is 2.97. The van der Waals surface area contributed by atoms with Crippen molar-refractivity contribution in [1.82, 2.24) is 5.32 Å². The summed E-state index contributed by atoms with van der Waals surface area (Å²) in [6, 6.07) is 9.34. The minimum atomic E-state index is 0.234. The van der Waals surface area contributed by atoms with E-state index in [1.807, 2.05) is 6.08 Å². The molecule has 1 atom stereocenters. The van der Waals surface area contributed by atoms with Crippen LogP contribution in [0.25, 0.3) is 0 Å². The van der Waals surface area contributed by atoms with Crippen LogP contribution in [0.2, 0.25) is 0 Å². The van der Waals surface area contributed by atoms with Gasteiger partial charge in [-0.2, -0.15) is 0 Å². The van der Waals surface area contributed by atoms with Gasteiger partial charge >= 0.3 is 0 Å². The molecule has 1 nitrogen and oxygen atoms in total. The maximum atomic E-state index is 3.73. The second kappa shape index (κ2) is 6.02. The van der Waals surface area contributed by atoms with Gasteiger partial charge in [-0.05, 0) is 36.4 Å². The van der Waals surface area contributed by atoms with Crippen LogP contribution >= 0.6 is 0 Å². The van der Waals surface area contributed by atoms with Crippen LogP contribution < -0.4 is 5.32 Å². The summed E-state index contributed by atoms with van der Waals surface area (Å²) >= 11 is 0. The second-order valence-electron chi connectivity index (χ2n) is 5.63. The fourth-order valence-corrected chi connectivity index (χ4v) is 1.79. The Kier molecular flexibility index (Phi) is 4.95. The van der Waals surface area contributed by atoms with Gasteiger partial charge in [-0.1, -0.05) is 51.1 Å². The minimum Gasteiger partial charge on any atom is -0.310 e. The lowest BCUT2D eigenvalue weighted by Gasteiger charge is -2.20. The van der Waals surface area contributed by atoms with Crippen molar-refractivity contribution in [2.75, 3.05) is 6.54 Å². The van der Waals surface area contributed by atoms with Crippen LogP contribution in [0, 0.1) is 0 Å². The first kappa shape index (κ1) is 14.0. The van der Waals surface area contributed by atoms with Gasteiger partial charge < -0.3 is 5.32 Å². The molecule has 0 bridgehead atoms. The second-order valence-corrected chi connectivity index (χ2v) is 5.63. The van der Waals surface area contributed by atoms with Crippen LogP contribution in [-0.4, -0.2) is 6.54 Å². The summed E-state index contributed by atoms with van der Waals surface area (Å²) in [4.78, 5) is 0. The van der Waals surface area contributed by atoms with Gasteiger partial charge in [0.2, 0.25) is 0 Å². The molecule has 0 heterocycles. The van der Waals surface area contributed by atoms with Crippen LogP contribution in [0.15, 0.2) is 36.9 Å². The number of nitrogens with one attached hydrogen (secondary N) is 1. The Labute approximate surface area is 106 Å². The lowest BCUT2D eigenvalue weighted by molar-refractivity contribution is 0.574. The molecule has 0 spiro atoms. The Balaban J connectivity index is 2.64. The molecule has 0 radical (unpaired) electrons. The molecular weight excluding hydrogens is 206 g/mol. The highest BCUT2D eigenvalue weighted by Gasteiger charge is 2.13. The van der Waals surface area contributed by atoms with E-state index in [1.165, 1.54) is 11.1 Å². The first-order valence-corrected chi connectivity index (χ1v) is 6.40. The van der Waals surface area contributed by atoms with Crippen LogP contribution in [0.1, 0.15) is 51.3 Å². The van der Waals surface area contributed by atoms with E-state index in [4.69, 9.17) is 0 Å². The average Bonchev–Trinajstić information content (AvgIpc) is 2.28. The number of rotatable bonds is 5. The zero-order chi connectivity index (χ0) is 12.9. The van der Waals surface area contributed by atoms with Gasteiger partial charge in [-0.3, -0.25) is 0 Å². The molecular formula is C16H25N. The summed E-state index contributed by atoms with van der Waals surface area (Å²) < 4.78 is 0. The Hall–Kier alpha value is -1.08. The highest BCUT2D eigenvalue weighted by molar-refractivity contribution is 5.28. The van der Waals surface area contributed by atoms with Crippen LogP contribution in [-0.2, 0) is 5.41 Å². The van der Waals surface area contributed by atoms with Gasteiger partial charge in [0.1, 0.15) is 0 Å². The maximum Gasteiger partial charge on any atom is 0.0291 e. The molecule has 0 aliphatic carbocycles.